The van der Waals surface area contributed by atoms with E-state index in [-0.39, 0.29) is 0 Å². The summed E-state index contributed by atoms with van der Waals surface area (Å²) in [6, 6.07) is 16.9. The van der Waals surface area contributed by atoms with E-state index < -0.39 is 0 Å². The lowest BCUT2D eigenvalue weighted by atomic mass is 10.1. The molecule has 0 saturated heterocycles. The Hall–Kier alpha value is -2.08. The number of hydrogen-bond acceptors (Lipinski definition) is 0. The van der Waals surface area contributed by atoms with Crippen LogP contribution in [0.5, 0.6) is 0 Å². The second-order valence-corrected chi connectivity index (χ2v) is 4.49. The molecule has 0 aromatic heterocycles. The topological polar surface area (TPSA) is 0 Å². The van der Waals surface area contributed by atoms with Crippen LogP contribution in [0.15, 0.2) is 60.7 Å². The summed E-state index contributed by atoms with van der Waals surface area (Å²) in [4.78, 5) is 0. The molecule has 0 nitrogen and oxygen atoms in total. The second kappa shape index (κ2) is 6.02. The summed E-state index contributed by atoms with van der Waals surface area (Å²) in [5.41, 5.74) is 5.11. The van der Waals surface area contributed by atoms with Crippen LogP contribution in [0.2, 0.25) is 0 Å². The number of allylic oxidation sites excluding steroid dienone is 2. The zero-order chi connectivity index (χ0) is 12.8. The molecule has 0 spiro atoms. The van der Waals surface area contributed by atoms with Gasteiger partial charge in [0.1, 0.15) is 0 Å². The standard InChI is InChI=1S/C18H18/c1-15-8-7-11-17(14-15)10-4-6-13-18-12-5-3-9-16(18)2/h3-14H,1-2H3. The average Bonchev–Trinajstić information content (AvgIpc) is 2.37. The number of benzene rings is 2. The van der Waals surface area contributed by atoms with E-state index in [4.69, 9.17) is 0 Å². The quantitative estimate of drug-likeness (QED) is 0.653. The molecule has 0 heteroatoms. The highest BCUT2D eigenvalue weighted by Crippen LogP contribution is 2.10. The largest absolute Gasteiger partial charge is 0.0620 e. The summed E-state index contributed by atoms with van der Waals surface area (Å²) in [6.07, 6.45) is 8.44. The van der Waals surface area contributed by atoms with E-state index in [1.165, 1.54) is 22.3 Å². The summed E-state index contributed by atoms with van der Waals surface area (Å²) in [6.45, 7) is 4.24. The minimum Gasteiger partial charge on any atom is -0.0620 e. The van der Waals surface area contributed by atoms with Crippen LogP contribution in [0.3, 0.4) is 0 Å². The van der Waals surface area contributed by atoms with E-state index in [1.54, 1.807) is 0 Å². The summed E-state index contributed by atoms with van der Waals surface area (Å²) >= 11 is 0. The second-order valence-electron chi connectivity index (χ2n) is 4.49. The average molecular weight is 234 g/mol. The van der Waals surface area contributed by atoms with E-state index in [0.717, 1.165) is 0 Å². The molecular weight excluding hydrogens is 216 g/mol. The van der Waals surface area contributed by atoms with Crippen molar-refractivity contribution < 1.29 is 0 Å². The summed E-state index contributed by atoms with van der Waals surface area (Å²) < 4.78 is 0. The van der Waals surface area contributed by atoms with Crippen LogP contribution in [0.4, 0.5) is 0 Å². The molecule has 90 valence electrons. The van der Waals surface area contributed by atoms with Gasteiger partial charge in [-0.1, -0.05) is 78.4 Å². The maximum absolute atomic E-state index is 2.18. The first kappa shape index (κ1) is 12.4. The molecule has 2 aromatic rings. The first-order valence-electron chi connectivity index (χ1n) is 6.23. The van der Waals surface area contributed by atoms with Gasteiger partial charge in [-0.05, 0) is 30.5 Å². The Morgan fingerprint density at radius 1 is 0.778 bits per heavy atom. The van der Waals surface area contributed by atoms with Gasteiger partial charge in [0.25, 0.3) is 0 Å². The molecule has 0 aliphatic heterocycles. The predicted molar refractivity (Wildman–Crippen MR) is 80.4 cm³/mol. The van der Waals surface area contributed by atoms with Crippen molar-refractivity contribution in [3.05, 3.63) is 82.9 Å². The molecule has 18 heavy (non-hydrogen) atoms. The zero-order valence-electron chi connectivity index (χ0n) is 10.9. The van der Waals surface area contributed by atoms with E-state index in [2.05, 4.69) is 86.7 Å². The van der Waals surface area contributed by atoms with Gasteiger partial charge in [-0.2, -0.15) is 0 Å². The predicted octanol–water partition coefficient (Wildman–Crippen LogP) is 5.03. The molecule has 0 radical (unpaired) electrons. The Bertz CT molecular complexity index is 574. The Kier molecular flexibility index (Phi) is 4.14. The molecule has 0 aliphatic rings. The highest BCUT2D eigenvalue weighted by molar-refractivity contribution is 5.59. The van der Waals surface area contributed by atoms with Gasteiger partial charge in [0, 0.05) is 0 Å². The van der Waals surface area contributed by atoms with E-state index in [1.807, 2.05) is 0 Å². The fourth-order valence-electron chi connectivity index (χ4n) is 1.87. The number of aryl methyl sites for hydroxylation is 2. The van der Waals surface area contributed by atoms with Gasteiger partial charge in [-0.3, -0.25) is 0 Å². The first-order valence-corrected chi connectivity index (χ1v) is 6.23. The van der Waals surface area contributed by atoms with E-state index in [9.17, 15) is 0 Å². The molecule has 0 amide bonds. The first-order chi connectivity index (χ1) is 8.75. The van der Waals surface area contributed by atoms with E-state index in [0.29, 0.717) is 0 Å². The third-order valence-corrected chi connectivity index (χ3v) is 2.91. The van der Waals surface area contributed by atoms with Gasteiger partial charge in [0.05, 0.1) is 0 Å². The van der Waals surface area contributed by atoms with Crippen molar-refractivity contribution in [1.29, 1.82) is 0 Å². The maximum Gasteiger partial charge on any atom is -0.0227 e. The summed E-state index contributed by atoms with van der Waals surface area (Å²) in [5.74, 6) is 0. The molecule has 2 aromatic carbocycles. The molecule has 2 rings (SSSR count). The van der Waals surface area contributed by atoms with Crippen molar-refractivity contribution in [2.75, 3.05) is 0 Å². The van der Waals surface area contributed by atoms with Crippen molar-refractivity contribution in [2.45, 2.75) is 13.8 Å². The van der Waals surface area contributed by atoms with Crippen molar-refractivity contribution in [1.82, 2.24) is 0 Å². The van der Waals surface area contributed by atoms with Crippen LogP contribution in [0, 0.1) is 13.8 Å². The van der Waals surface area contributed by atoms with Gasteiger partial charge in [0.15, 0.2) is 0 Å². The van der Waals surface area contributed by atoms with Crippen LogP contribution >= 0.6 is 0 Å². The van der Waals surface area contributed by atoms with Crippen molar-refractivity contribution >= 4 is 12.2 Å². The summed E-state index contributed by atoms with van der Waals surface area (Å²) in [7, 11) is 0. The van der Waals surface area contributed by atoms with Crippen molar-refractivity contribution in [3.63, 3.8) is 0 Å². The van der Waals surface area contributed by atoms with Gasteiger partial charge < -0.3 is 0 Å². The fourth-order valence-corrected chi connectivity index (χ4v) is 1.87. The molecule has 0 saturated carbocycles. The van der Waals surface area contributed by atoms with E-state index >= 15 is 0 Å². The molecule has 0 unspecified atom stereocenters. The number of rotatable bonds is 3. The van der Waals surface area contributed by atoms with Gasteiger partial charge in [-0.15, -0.1) is 0 Å². The lowest BCUT2D eigenvalue weighted by molar-refractivity contribution is 1.44. The molecule has 0 fully saturated rings. The van der Waals surface area contributed by atoms with Crippen LogP contribution in [-0.2, 0) is 0 Å². The molecule has 0 aliphatic carbocycles. The third kappa shape index (κ3) is 3.46. The minimum atomic E-state index is 1.24. The molecule has 0 N–H and O–H groups in total. The highest BCUT2D eigenvalue weighted by atomic mass is 13.9. The fraction of sp³-hybridized carbons (Fsp3) is 0.111. The molecular formula is C18H18. The zero-order valence-corrected chi connectivity index (χ0v) is 10.9. The van der Waals surface area contributed by atoms with Gasteiger partial charge in [-0.25, -0.2) is 0 Å². The van der Waals surface area contributed by atoms with Crippen molar-refractivity contribution in [2.24, 2.45) is 0 Å². The Balaban J connectivity index is 2.06. The normalized spacial score (nSPS) is 11.4. The Labute approximate surface area is 109 Å². The number of hydrogen-bond donors (Lipinski definition) is 0. The molecule has 0 heterocycles. The van der Waals surface area contributed by atoms with Crippen LogP contribution in [-0.4, -0.2) is 0 Å². The highest BCUT2D eigenvalue weighted by Gasteiger charge is 1.89. The van der Waals surface area contributed by atoms with Gasteiger partial charge >= 0.3 is 0 Å². The third-order valence-electron chi connectivity index (χ3n) is 2.91. The summed E-state index contributed by atoms with van der Waals surface area (Å²) in [5, 5.41) is 0. The van der Waals surface area contributed by atoms with Crippen LogP contribution in [0.1, 0.15) is 22.3 Å². The van der Waals surface area contributed by atoms with Gasteiger partial charge in [0.2, 0.25) is 0 Å². The van der Waals surface area contributed by atoms with Crippen LogP contribution in [0.25, 0.3) is 12.2 Å². The Morgan fingerprint density at radius 3 is 2.33 bits per heavy atom. The molecule has 0 bridgehead atoms. The maximum atomic E-state index is 2.18. The SMILES string of the molecule is Cc1cccc(C=CC=Cc2ccccc2C)c1. The van der Waals surface area contributed by atoms with Crippen molar-refractivity contribution in [3.8, 4) is 0 Å². The minimum absolute atomic E-state index is 1.24. The lowest BCUT2D eigenvalue weighted by Gasteiger charge is -1.97. The Morgan fingerprint density at radius 2 is 1.56 bits per heavy atom. The monoisotopic (exact) mass is 234 g/mol. The smallest absolute Gasteiger partial charge is 0.0227 e. The van der Waals surface area contributed by atoms with Crippen LogP contribution < -0.4 is 0 Å². The molecule has 0 atom stereocenters. The lowest BCUT2D eigenvalue weighted by Crippen LogP contribution is -1.77.